The molecule has 3 rings (SSSR count). The maximum Gasteiger partial charge on any atom is 0.182 e. The summed E-state index contributed by atoms with van der Waals surface area (Å²) in [6, 6.07) is 4.42. The molecule has 0 fully saturated rings. The van der Waals surface area contributed by atoms with Gasteiger partial charge in [0.25, 0.3) is 0 Å². The predicted molar refractivity (Wildman–Crippen MR) is 67.1 cm³/mol. The highest BCUT2D eigenvalue weighted by Gasteiger charge is 2.15. The minimum absolute atomic E-state index is 0.188. The van der Waals surface area contributed by atoms with E-state index in [9.17, 15) is 4.39 Å². The van der Waals surface area contributed by atoms with Crippen LogP contribution in [0.1, 0.15) is 0 Å². The number of nitrogens with zero attached hydrogens (tertiary/aromatic N) is 3. The molecule has 0 aliphatic rings. The monoisotopic (exact) mass is 282 g/mol. The van der Waals surface area contributed by atoms with Gasteiger partial charge in [0, 0.05) is 0 Å². The van der Waals surface area contributed by atoms with Crippen LogP contribution in [0.3, 0.4) is 0 Å². The second-order valence-electron chi connectivity index (χ2n) is 3.55. The Balaban J connectivity index is 2.30. The van der Waals surface area contributed by atoms with E-state index in [4.69, 9.17) is 23.2 Å². The van der Waals surface area contributed by atoms with Crippen LogP contribution >= 0.6 is 23.2 Å². The van der Waals surface area contributed by atoms with Gasteiger partial charge in [-0.05, 0) is 12.1 Å². The van der Waals surface area contributed by atoms with Crippen LogP contribution in [0.2, 0.25) is 10.2 Å². The highest BCUT2D eigenvalue weighted by molar-refractivity contribution is 6.34. The zero-order valence-electron chi connectivity index (χ0n) is 8.78. The van der Waals surface area contributed by atoms with E-state index in [1.807, 2.05) is 0 Å². The summed E-state index contributed by atoms with van der Waals surface area (Å²) < 4.78 is 13.8. The first-order valence-electron chi connectivity index (χ1n) is 4.97. The van der Waals surface area contributed by atoms with Gasteiger partial charge in [0.1, 0.15) is 23.5 Å². The first kappa shape index (κ1) is 11.4. The summed E-state index contributed by atoms with van der Waals surface area (Å²) in [5.41, 5.74) is 1.01. The van der Waals surface area contributed by atoms with Gasteiger partial charge in [-0.15, -0.1) is 0 Å². The second kappa shape index (κ2) is 4.19. The Labute approximate surface area is 111 Å². The van der Waals surface area contributed by atoms with Gasteiger partial charge in [-0.3, -0.25) is 0 Å². The van der Waals surface area contributed by atoms with Crippen molar-refractivity contribution in [2.24, 2.45) is 0 Å². The van der Waals surface area contributed by atoms with E-state index >= 15 is 0 Å². The topological polar surface area (TPSA) is 54.5 Å². The van der Waals surface area contributed by atoms with Crippen molar-refractivity contribution in [1.29, 1.82) is 0 Å². The molecule has 0 aliphatic carbocycles. The molecule has 3 aromatic rings. The standard InChI is InChI=1S/C11H5Cl2FN4/c12-5-2-1-3-6(14)7(5)10-17-8-9(13)15-4-16-11(8)18-10/h1-4H,(H,15,16,17,18). The van der Waals surface area contributed by atoms with Gasteiger partial charge in [-0.25, -0.2) is 19.3 Å². The van der Waals surface area contributed by atoms with Crippen molar-refractivity contribution in [2.45, 2.75) is 0 Å². The van der Waals surface area contributed by atoms with Crippen LogP contribution in [0.4, 0.5) is 4.39 Å². The van der Waals surface area contributed by atoms with Crippen LogP contribution in [0.15, 0.2) is 24.5 Å². The van der Waals surface area contributed by atoms with Crippen molar-refractivity contribution < 1.29 is 4.39 Å². The Morgan fingerprint density at radius 2 is 2.00 bits per heavy atom. The normalized spacial score (nSPS) is 11.1. The minimum Gasteiger partial charge on any atom is -0.334 e. The predicted octanol–water partition coefficient (Wildman–Crippen LogP) is 3.47. The van der Waals surface area contributed by atoms with Crippen molar-refractivity contribution in [3.8, 4) is 11.4 Å². The molecular formula is C11H5Cl2FN4. The van der Waals surface area contributed by atoms with Crippen LogP contribution < -0.4 is 0 Å². The molecule has 0 bridgehead atoms. The smallest absolute Gasteiger partial charge is 0.182 e. The van der Waals surface area contributed by atoms with E-state index in [0.717, 1.165) is 0 Å². The van der Waals surface area contributed by atoms with Gasteiger partial charge in [0.2, 0.25) is 0 Å². The van der Waals surface area contributed by atoms with E-state index in [-0.39, 0.29) is 21.6 Å². The summed E-state index contributed by atoms with van der Waals surface area (Å²) in [4.78, 5) is 14.8. The third-order valence-electron chi connectivity index (χ3n) is 2.44. The number of aromatic amines is 1. The van der Waals surface area contributed by atoms with E-state index < -0.39 is 5.82 Å². The van der Waals surface area contributed by atoms with Gasteiger partial charge in [-0.1, -0.05) is 29.3 Å². The molecule has 0 amide bonds. The fourth-order valence-corrected chi connectivity index (χ4v) is 2.07. The molecule has 0 aliphatic heterocycles. The number of H-pyrrole nitrogens is 1. The molecule has 7 heteroatoms. The first-order chi connectivity index (χ1) is 8.66. The molecule has 4 nitrogen and oxygen atoms in total. The molecule has 0 saturated heterocycles. The van der Waals surface area contributed by atoms with Gasteiger partial charge >= 0.3 is 0 Å². The van der Waals surface area contributed by atoms with Crippen LogP contribution in [-0.4, -0.2) is 19.9 Å². The van der Waals surface area contributed by atoms with Crippen LogP contribution in [0.25, 0.3) is 22.6 Å². The fraction of sp³-hybridized carbons (Fsp3) is 0. The van der Waals surface area contributed by atoms with E-state index in [2.05, 4.69) is 19.9 Å². The second-order valence-corrected chi connectivity index (χ2v) is 4.31. The molecule has 0 unspecified atom stereocenters. The largest absolute Gasteiger partial charge is 0.334 e. The number of hydrogen-bond acceptors (Lipinski definition) is 3. The van der Waals surface area contributed by atoms with E-state index in [1.54, 1.807) is 6.07 Å². The van der Waals surface area contributed by atoms with Crippen molar-refractivity contribution in [2.75, 3.05) is 0 Å². The van der Waals surface area contributed by atoms with Crippen molar-refractivity contribution in [1.82, 2.24) is 19.9 Å². The number of aromatic nitrogens is 4. The lowest BCUT2D eigenvalue weighted by Crippen LogP contribution is -1.87. The lowest BCUT2D eigenvalue weighted by Gasteiger charge is -2.01. The Kier molecular flexibility index (Phi) is 2.65. The lowest BCUT2D eigenvalue weighted by atomic mass is 10.2. The highest BCUT2D eigenvalue weighted by Crippen LogP contribution is 2.30. The molecule has 1 N–H and O–H groups in total. The quantitative estimate of drug-likeness (QED) is 0.696. The van der Waals surface area contributed by atoms with Crippen molar-refractivity contribution in [3.63, 3.8) is 0 Å². The molecule has 1 aromatic carbocycles. The first-order valence-corrected chi connectivity index (χ1v) is 5.73. The SMILES string of the molecule is Fc1cccc(Cl)c1-c1nc2ncnc(Cl)c2[nH]1. The third kappa shape index (κ3) is 1.72. The molecule has 18 heavy (non-hydrogen) atoms. The Morgan fingerprint density at radius 3 is 2.72 bits per heavy atom. The van der Waals surface area contributed by atoms with Crippen LogP contribution in [-0.2, 0) is 0 Å². The average molecular weight is 283 g/mol. The lowest BCUT2D eigenvalue weighted by molar-refractivity contribution is 0.630. The highest BCUT2D eigenvalue weighted by atomic mass is 35.5. The number of hydrogen-bond donors (Lipinski definition) is 1. The molecule has 0 atom stereocenters. The number of imidazole rings is 1. The number of rotatable bonds is 1. The number of benzene rings is 1. The van der Waals surface area contributed by atoms with E-state index in [1.165, 1.54) is 18.5 Å². The summed E-state index contributed by atoms with van der Waals surface area (Å²) in [7, 11) is 0. The molecular weight excluding hydrogens is 278 g/mol. The maximum absolute atomic E-state index is 13.8. The number of halogens is 3. The summed E-state index contributed by atoms with van der Waals surface area (Å²) >= 11 is 11.9. The fourth-order valence-electron chi connectivity index (χ4n) is 1.64. The van der Waals surface area contributed by atoms with Gasteiger partial charge < -0.3 is 4.98 Å². The summed E-state index contributed by atoms with van der Waals surface area (Å²) in [5, 5.41) is 0.490. The van der Waals surface area contributed by atoms with Gasteiger partial charge in [-0.2, -0.15) is 0 Å². The Morgan fingerprint density at radius 1 is 1.17 bits per heavy atom. The molecule has 2 aromatic heterocycles. The Bertz CT molecular complexity index is 721. The summed E-state index contributed by atoms with van der Waals surface area (Å²) in [6.45, 7) is 0. The number of fused-ring (bicyclic) bond motifs is 1. The minimum atomic E-state index is -0.467. The Hall–Kier alpha value is -1.72. The molecule has 0 spiro atoms. The molecule has 2 heterocycles. The van der Waals surface area contributed by atoms with Crippen LogP contribution in [0, 0.1) is 5.82 Å². The third-order valence-corrected chi connectivity index (χ3v) is 3.04. The van der Waals surface area contributed by atoms with E-state index in [0.29, 0.717) is 11.2 Å². The molecule has 90 valence electrons. The molecule has 0 saturated carbocycles. The average Bonchev–Trinajstić information content (AvgIpc) is 2.74. The zero-order chi connectivity index (χ0) is 12.7. The summed E-state index contributed by atoms with van der Waals surface area (Å²) in [5.74, 6) is -0.193. The van der Waals surface area contributed by atoms with Crippen molar-refractivity contribution in [3.05, 3.63) is 40.5 Å². The van der Waals surface area contributed by atoms with Crippen LogP contribution in [0.5, 0.6) is 0 Å². The summed E-state index contributed by atoms with van der Waals surface area (Å²) in [6.07, 6.45) is 1.29. The van der Waals surface area contributed by atoms with Crippen molar-refractivity contribution >= 4 is 34.4 Å². The van der Waals surface area contributed by atoms with Gasteiger partial charge in [0.15, 0.2) is 10.8 Å². The maximum atomic E-state index is 13.8. The van der Waals surface area contributed by atoms with Gasteiger partial charge in [0.05, 0.1) is 10.6 Å². The number of nitrogens with one attached hydrogen (secondary N) is 1. The molecule has 0 radical (unpaired) electrons. The zero-order valence-corrected chi connectivity index (χ0v) is 10.3.